The number of para-hydroxylation sites is 1. The SMILES string of the molecule is CCc1c(-c2ccccc2)c(-c2ccc(OC)cc2)nn1-c1ccccc1-c1cccc(O)c1. The first-order valence-electron chi connectivity index (χ1n) is 11.4. The highest BCUT2D eigenvalue weighted by Gasteiger charge is 2.22. The topological polar surface area (TPSA) is 47.3 Å². The number of nitrogens with zero attached hydrogens (tertiary/aromatic N) is 2. The van der Waals surface area contributed by atoms with E-state index >= 15 is 0 Å². The van der Waals surface area contributed by atoms with Gasteiger partial charge in [-0.15, -0.1) is 0 Å². The maximum atomic E-state index is 10.1. The van der Waals surface area contributed by atoms with Crippen LogP contribution in [0.1, 0.15) is 12.6 Å². The Morgan fingerprint density at radius 3 is 2.18 bits per heavy atom. The lowest BCUT2D eigenvalue weighted by Gasteiger charge is -2.13. The minimum atomic E-state index is 0.243. The molecule has 1 N–H and O–H groups in total. The van der Waals surface area contributed by atoms with Crippen LogP contribution in [0.25, 0.3) is 39.2 Å². The molecule has 0 aliphatic carbocycles. The molecule has 0 radical (unpaired) electrons. The molecule has 0 atom stereocenters. The van der Waals surface area contributed by atoms with Crippen molar-refractivity contribution in [3.8, 4) is 50.7 Å². The molecule has 0 saturated carbocycles. The molecule has 0 aliphatic rings. The molecular weight excluding hydrogens is 420 g/mol. The zero-order valence-electron chi connectivity index (χ0n) is 19.3. The Morgan fingerprint density at radius 2 is 1.47 bits per heavy atom. The van der Waals surface area contributed by atoms with Gasteiger partial charge in [0.05, 0.1) is 18.5 Å². The van der Waals surface area contributed by atoms with Crippen molar-refractivity contribution in [3.05, 3.63) is 109 Å². The van der Waals surface area contributed by atoms with E-state index in [1.165, 1.54) is 0 Å². The molecule has 4 nitrogen and oxygen atoms in total. The van der Waals surface area contributed by atoms with Gasteiger partial charge in [-0.2, -0.15) is 5.10 Å². The van der Waals surface area contributed by atoms with Crippen LogP contribution in [0.15, 0.2) is 103 Å². The highest BCUT2D eigenvalue weighted by molar-refractivity contribution is 5.84. The molecule has 1 heterocycles. The lowest BCUT2D eigenvalue weighted by Crippen LogP contribution is -2.04. The van der Waals surface area contributed by atoms with Crippen LogP contribution < -0.4 is 4.74 Å². The molecule has 0 fully saturated rings. The van der Waals surface area contributed by atoms with E-state index in [4.69, 9.17) is 9.84 Å². The zero-order chi connectivity index (χ0) is 23.5. The molecule has 34 heavy (non-hydrogen) atoms. The summed E-state index contributed by atoms with van der Waals surface area (Å²) in [6.07, 6.45) is 0.807. The maximum absolute atomic E-state index is 10.1. The highest BCUT2D eigenvalue weighted by Crippen LogP contribution is 2.38. The average Bonchev–Trinajstić information content (AvgIpc) is 3.29. The van der Waals surface area contributed by atoms with Gasteiger partial charge in [-0.25, -0.2) is 4.68 Å². The number of hydrogen-bond acceptors (Lipinski definition) is 3. The Balaban J connectivity index is 1.78. The second kappa shape index (κ2) is 9.28. The third kappa shape index (κ3) is 3.95. The Labute approximate surface area is 199 Å². The van der Waals surface area contributed by atoms with Crippen LogP contribution >= 0.6 is 0 Å². The number of hydrogen-bond donors (Lipinski definition) is 1. The highest BCUT2D eigenvalue weighted by atomic mass is 16.5. The summed E-state index contributed by atoms with van der Waals surface area (Å²) in [5.41, 5.74) is 8.27. The van der Waals surface area contributed by atoms with E-state index in [1.54, 1.807) is 19.2 Å². The van der Waals surface area contributed by atoms with Crippen molar-refractivity contribution in [2.75, 3.05) is 7.11 Å². The number of ether oxygens (including phenoxy) is 1. The summed E-state index contributed by atoms with van der Waals surface area (Å²) in [7, 11) is 1.67. The van der Waals surface area contributed by atoms with Gasteiger partial charge in [-0.05, 0) is 60.0 Å². The summed E-state index contributed by atoms with van der Waals surface area (Å²) < 4.78 is 7.42. The average molecular weight is 447 g/mol. The summed E-state index contributed by atoms with van der Waals surface area (Å²) in [6, 6.07) is 34.0. The van der Waals surface area contributed by atoms with Gasteiger partial charge in [0.25, 0.3) is 0 Å². The van der Waals surface area contributed by atoms with E-state index in [9.17, 15) is 5.11 Å². The summed E-state index contributed by atoms with van der Waals surface area (Å²) in [5, 5.41) is 15.3. The van der Waals surface area contributed by atoms with Gasteiger partial charge in [-0.1, -0.05) is 67.6 Å². The van der Waals surface area contributed by atoms with Crippen LogP contribution in [-0.4, -0.2) is 22.0 Å². The Kier molecular flexibility index (Phi) is 5.88. The first-order valence-corrected chi connectivity index (χ1v) is 11.4. The first kappa shape index (κ1) is 21.5. The third-order valence-electron chi connectivity index (χ3n) is 6.03. The van der Waals surface area contributed by atoms with Crippen molar-refractivity contribution in [2.24, 2.45) is 0 Å². The lowest BCUT2D eigenvalue weighted by atomic mass is 9.97. The second-order valence-corrected chi connectivity index (χ2v) is 8.10. The quantitative estimate of drug-likeness (QED) is 0.301. The van der Waals surface area contributed by atoms with Crippen molar-refractivity contribution in [1.82, 2.24) is 9.78 Å². The minimum absolute atomic E-state index is 0.243. The summed E-state index contributed by atoms with van der Waals surface area (Å²) in [5.74, 6) is 1.06. The Hall–Kier alpha value is -4.31. The summed E-state index contributed by atoms with van der Waals surface area (Å²) in [4.78, 5) is 0. The number of aromatic hydroxyl groups is 1. The monoisotopic (exact) mass is 446 g/mol. The Bertz CT molecular complexity index is 1420. The number of benzene rings is 4. The molecule has 4 heteroatoms. The van der Waals surface area contributed by atoms with Crippen LogP contribution in [0.4, 0.5) is 0 Å². The standard InChI is InChI=1S/C30H26N2O2/c1-3-27-29(21-10-5-4-6-11-21)30(22-16-18-25(34-2)19-17-22)31-32(27)28-15-8-7-14-26(28)23-12-9-13-24(33)20-23/h4-20,33H,3H2,1-2H3. The molecule has 0 aliphatic heterocycles. The van der Waals surface area contributed by atoms with Gasteiger partial charge in [-0.3, -0.25) is 0 Å². The van der Waals surface area contributed by atoms with Gasteiger partial charge in [0.2, 0.25) is 0 Å². The van der Waals surface area contributed by atoms with Gasteiger partial charge in [0, 0.05) is 16.7 Å². The predicted octanol–water partition coefficient (Wildman–Crippen LogP) is 7.15. The van der Waals surface area contributed by atoms with E-state index in [-0.39, 0.29) is 5.75 Å². The van der Waals surface area contributed by atoms with Gasteiger partial charge >= 0.3 is 0 Å². The number of phenolic OH excluding ortho intramolecular Hbond substituents is 1. The largest absolute Gasteiger partial charge is 0.508 e. The number of phenols is 1. The predicted molar refractivity (Wildman–Crippen MR) is 137 cm³/mol. The molecule has 0 amide bonds. The van der Waals surface area contributed by atoms with Crippen molar-refractivity contribution in [1.29, 1.82) is 0 Å². The van der Waals surface area contributed by atoms with Crippen LogP contribution in [0.3, 0.4) is 0 Å². The second-order valence-electron chi connectivity index (χ2n) is 8.10. The molecule has 0 spiro atoms. The maximum Gasteiger partial charge on any atom is 0.118 e. The molecule has 0 saturated heterocycles. The summed E-state index contributed by atoms with van der Waals surface area (Å²) in [6.45, 7) is 2.16. The fourth-order valence-corrected chi connectivity index (χ4v) is 4.41. The van der Waals surface area contributed by atoms with Crippen LogP contribution in [0.5, 0.6) is 11.5 Å². The first-order chi connectivity index (χ1) is 16.7. The van der Waals surface area contributed by atoms with Crippen molar-refractivity contribution in [2.45, 2.75) is 13.3 Å². The molecule has 0 bridgehead atoms. The molecule has 4 aromatic carbocycles. The van der Waals surface area contributed by atoms with E-state index in [2.05, 4.69) is 60.1 Å². The minimum Gasteiger partial charge on any atom is -0.508 e. The van der Waals surface area contributed by atoms with Crippen LogP contribution in [0, 0.1) is 0 Å². The van der Waals surface area contributed by atoms with E-state index < -0.39 is 0 Å². The lowest BCUT2D eigenvalue weighted by molar-refractivity contribution is 0.415. The van der Waals surface area contributed by atoms with Crippen molar-refractivity contribution < 1.29 is 9.84 Å². The smallest absolute Gasteiger partial charge is 0.118 e. The Morgan fingerprint density at radius 1 is 0.765 bits per heavy atom. The zero-order valence-corrected chi connectivity index (χ0v) is 19.3. The molecule has 5 rings (SSSR count). The number of methoxy groups -OCH3 is 1. The van der Waals surface area contributed by atoms with E-state index in [1.807, 2.05) is 42.5 Å². The molecule has 168 valence electrons. The van der Waals surface area contributed by atoms with Gasteiger partial charge < -0.3 is 9.84 Å². The molecule has 0 unspecified atom stereocenters. The van der Waals surface area contributed by atoms with Crippen LogP contribution in [0.2, 0.25) is 0 Å². The van der Waals surface area contributed by atoms with Crippen molar-refractivity contribution in [3.63, 3.8) is 0 Å². The fraction of sp³-hybridized carbons (Fsp3) is 0.100. The van der Waals surface area contributed by atoms with Gasteiger partial charge in [0.1, 0.15) is 17.2 Å². The molecule has 1 aromatic heterocycles. The number of rotatable bonds is 6. The van der Waals surface area contributed by atoms with E-state index in [0.29, 0.717) is 0 Å². The molecule has 5 aromatic rings. The summed E-state index contributed by atoms with van der Waals surface area (Å²) >= 11 is 0. The van der Waals surface area contributed by atoms with Crippen LogP contribution in [-0.2, 0) is 6.42 Å². The van der Waals surface area contributed by atoms with Crippen molar-refractivity contribution >= 4 is 0 Å². The third-order valence-corrected chi connectivity index (χ3v) is 6.03. The number of aromatic nitrogens is 2. The molecular formula is C30H26N2O2. The van der Waals surface area contributed by atoms with Gasteiger partial charge in [0.15, 0.2) is 0 Å². The van der Waals surface area contributed by atoms with E-state index in [0.717, 1.165) is 57.1 Å². The normalized spacial score (nSPS) is 10.9. The fourth-order valence-electron chi connectivity index (χ4n) is 4.41.